The Labute approximate surface area is 146 Å². The molecule has 0 aliphatic rings. The zero-order valence-electron chi connectivity index (χ0n) is 14.4. The van der Waals surface area contributed by atoms with Gasteiger partial charge in [-0.05, 0) is 35.6 Å². The summed E-state index contributed by atoms with van der Waals surface area (Å²) < 4.78 is 27.7. The fraction of sp³-hybridized carbons (Fsp3) is 0.294. The number of rotatable bonds is 4. The van der Waals surface area contributed by atoms with E-state index in [1.54, 1.807) is 19.1 Å². The number of phenols is 1. The van der Waals surface area contributed by atoms with Gasteiger partial charge in [0.15, 0.2) is 0 Å². The van der Waals surface area contributed by atoms with Crippen LogP contribution in [0.3, 0.4) is 0 Å². The molecule has 8 heteroatoms. The quantitative estimate of drug-likeness (QED) is 0.488. The number of sulfonamides is 1. The number of non-ortho nitro benzene ring substituents is 1. The highest BCUT2D eigenvalue weighted by Crippen LogP contribution is 2.32. The normalized spacial score (nSPS) is 12.0. The predicted molar refractivity (Wildman–Crippen MR) is 95.4 cm³/mol. The van der Waals surface area contributed by atoms with Crippen molar-refractivity contribution in [2.45, 2.75) is 38.0 Å². The summed E-state index contributed by atoms with van der Waals surface area (Å²) in [7, 11) is -4.02. The van der Waals surface area contributed by atoms with E-state index in [-0.39, 0.29) is 27.4 Å². The molecule has 25 heavy (non-hydrogen) atoms. The molecule has 0 unspecified atom stereocenters. The Morgan fingerprint density at radius 3 is 2.32 bits per heavy atom. The molecule has 0 saturated carbocycles. The van der Waals surface area contributed by atoms with Crippen molar-refractivity contribution in [2.75, 3.05) is 4.72 Å². The van der Waals surface area contributed by atoms with Gasteiger partial charge in [-0.25, -0.2) is 8.42 Å². The van der Waals surface area contributed by atoms with Crippen molar-refractivity contribution in [2.24, 2.45) is 0 Å². The van der Waals surface area contributed by atoms with Crippen molar-refractivity contribution in [1.29, 1.82) is 0 Å². The van der Waals surface area contributed by atoms with Crippen LogP contribution < -0.4 is 4.72 Å². The van der Waals surface area contributed by atoms with E-state index in [1.165, 1.54) is 0 Å². The summed E-state index contributed by atoms with van der Waals surface area (Å²) in [6.45, 7) is 7.56. The molecule has 0 aromatic heterocycles. The van der Waals surface area contributed by atoms with E-state index in [0.717, 1.165) is 23.8 Å². The van der Waals surface area contributed by atoms with E-state index in [1.807, 2.05) is 26.8 Å². The van der Waals surface area contributed by atoms with Crippen molar-refractivity contribution < 1.29 is 18.4 Å². The molecule has 2 rings (SSSR count). The summed E-state index contributed by atoms with van der Waals surface area (Å²) in [4.78, 5) is 10.3. The zero-order valence-corrected chi connectivity index (χ0v) is 15.2. The molecule has 2 aromatic rings. The summed E-state index contributed by atoms with van der Waals surface area (Å²) in [5.74, 6) is -0.390. The van der Waals surface area contributed by atoms with Gasteiger partial charge in [0.2, 0.25) is 0 Å². The molecule has 0 atom stereocenters. The van der Waals surface area contributed by atoms with Gasteiger partial charge in [0, 0.05) is 12.1 Å². The lowest BCUT2D eigenvalue weighted by Gasteiger charge is -2.21. The first kappa shape index (κ1) is 18.7. The van der Waals surface area contributed by atoms with E-state index in [9.17, 15) is 23.6 Å². The zero-order chi connectivity index (χ0) is 19.0. The first-order valence-electron chi connectivity index (χ1n) is 7.53. The van der Waals surface area contributed by atoms with Crippen molar-refractivity contribution in [3.8, 4) is 5.75 Å². The van der Waals surface area contributed by atoms with Crippen LogP contribution in [0.15, 0.2) is 41.3 Å². The van der Waals surface area contributed by atoms with Gasteiger partial charge in [0.25, 0.3) is 15.7 Å². The average molecular weight is 364 g/mol. The fourth-order valence-corrected chi connectivity index (χ4v) is 3.61. The van der Waals surface area contributed by atoms with E-state index in [2.05, 4.69) is 4.72 Å². The molecule has 0 bridgehead atoms. The molecule has 0 fully saturated rings. The first-order chi connectivity index (χ1) is 11.4. The molecule has 0 amide bonds. The van der Waals surface area contributed by atoms with Gasteiger partial charge in [-0.1, -0.05) is 32.9 Å². The molecular formula is C17H20N2O5S. The van der Waals surface area contributed by atoms with Crippen LogP contribution in [0.5, 0.6) is 5.75 Å². The average Bonchev–Trinajstić information content (AvgIpc) is 2.48. The maximum Gasteiger partial charge on any atom is 0.271 e. The Bertz CT molecular complexity index is 931. The van der Waals surface area contributed by atoms with Crippen LogP contribution in [0.1, 0.15) is 31.9 Å². The molecule has 0 radical (unpaired) electrons. The van der Waals surface area contributed by atoms with Crippen LogP contribution in [0.2, 0.25) is 0 Å². The minimum atomic E-state index is -4.02. The number of nitrogens with zero attached hydrogens (tertiary/aromatic N) is 1. The van der Waals surface area contributed by atoms with Crippen LogP contribution in [-0.4, -0.2) is 18.4 Å². The molecule has 0 saturated heterocycles. The molecule has 134 valence electrons. The predicted octanol–water partition coefficient (Wildman–Crippen LogP) is 3.71. The van der Waals surface area contributed by atoms with Crippen molar-refractivity contribution >= 4 is 21.4 Å². The Kier molecular flexibility index (Phi) is 4.76. The van der Waals surface area contributed by atoms with Gasteiger partial charge < -0.3 is 5.11 Å². The second-order valence-electron chi connectivity index (χ2n) is 6.79. The largest absolute Gasteiger partial charge is 0.506 e. The number of nitro groups is 1. The van der Waals surface area contributed by atoms with Crippen LogP contribution in [0.25, 0.3) is 0 Å². The van der Waals surface area contributed by atoms with Gasteiger partial charge in [-0.2, -0.15) is 0 Å². The second-order valence-corrected chi connectivity index (χ2v) is 8.45. The van der Waals surface area contributed by atoms with Crippen LogP contribution in [0, 0.1) is 17.0 Å². The highest BCUT2D eigenvalue weighted by atomic mass is 32.2. The second kappa shape index (κ2) is 6.36. The number of anilines is 1. The number of aromatic hydroxyl groups is 1. The molecule has 7 nitrogen and oxygen atoms in total. The van der Waals surface area contributed by atoms with E-state index >= 15 is 0 Å². The highest BCUT2D eigenvalue weighted by molar-refractivity contribution is 7.92. The van der Waals surface area contributed by atoms with Crippen molar-refractivity contribution in [3.05, 3.63) is 57.6 Å². The molecule has 0 aliphatic heterocycles. The lowest BCUT2D eigenvalue weighted by molar-refractivity contribution is -0.384. The number of nitro benzene ring substituents is 1. The highest BCUT2D eigenvalue weighted by Gasteiger charge is 2.23. The van der Waals surface area contributed by atoms with Crippen LogP contribution >= 0.6 is 0 Å². The Hall–Kier alpha value is -2.61. The summed E-state index contributed by atoms with van der Waals surface area (Å²) in [6, 6.07) is 8.30. The van der Waals surface area contributed by atoms with Crippen molar-refractivity contribution in [1.82, 2.24) is 0 Å². The number of benzene rings is 2. The third kappa shape index (κ3) is 4.08. The number of hydrogen-bond acceptors (Lipinski definition) is 5. The molecule has 2 aromatic carbocycles. The number of phenolic OH excluding ortho intramolecular Hbond substituents is 1. The smallest absolute Gasteiger partial charge is 0.271 e. The van der Waals surface area contributed by atoms with E-state index in [0.29, 0.717) is 5.56 Å². The van der Waals surface area contributed by atoms with Gasteiger partial charge >= 0.3 is 0 Å². The number of nitrogens with one attached hydrogen (secondary N) is 1. The maximum absolute atomic E-state index is 12.7. The van der Waals surface area contributed by atoms with Crippen LogP contribution in [-0.2, 0) is 15.4 Å². The standard InChI is InChI=1S/C17H20N2O5S/c1-11-5-6-12(17(2,3)4)9-16(11)25(23,24)18-14-10-13(19(21)22)7-8-15(14)20/h5-10,18,20H,1-4H3. The molecule has 0 spiro atoms. The Morgan fingerprint density at radius 1 is 1.12 bits per heavy atom. The lowest BCUT2D eigenvalue weighted by atomic mass is 9.87. The number of hydrogen-bond donors (Lipinski definition) is 2. The van der Waals surface area contributed by atoms with E-state index in [4.69, 9.17) is 0 Å². The van der Waals surface area contributed by atoms with Gasteiger partial charge in [-0.15, -0.1) is 0 Å². The first-order valence-corrected chi connectivity index (χ1v) is 9.01. The minimum Gasteiger partial charge on any atom is -0.506 e. The molecule has 0 aliphatic carbocycles. The Balaban J connectivity index is 2.51. The summed E-state index contributed by atoms with van der Waals surface area (Å²) in [6.07, 6.45) is 0. The third-order valence-corrected chi connectivity index (χ3v) is 5.29. The summed E-state index contributed by atoms with van der Waals surface area (Å²) in [5.41, 5.74) is 0.559. The Morgan fingerprint density at radius 2 is 1.76 bits per heavy atom. The minimum absolute atomic E-state index is 0.0610. The van der Waals surface area contributed by atoms with Crippen molar-refractivity contribution in [3.63, 3.8) is 0 Å². The lowest BCUT2D eigenvalue weighted by Crippen LogP contribution is -2.17. The molecule has 2 N–H and O–H groups in total. The van der Waals surface area contributed by atoms with Crippen LogP contribution in [0.4, 0.5) is 11.4 Å². The fourth-order valence-electron chi connectivity index (χ4n) is 2.28. The van der Waals surface area contributed by atoms with Gasteiger partial charge in [0.05, 0.1) is 15.5 Å². The molecular weight excluding hydrogens is 344 g/mol. The van der Waals surface area contributed by atoms with E-state index < -0.39 is 14.9 Å². The maximum atomic E-state index is 12.7. The topological polar surface area (TPSA) is 110 Å². The monoisotopic (exact) mass is 364 g/mol. The summed E-state index contributed by atoms with van der Waals surface area (Å²) in [5, 5.41) is 20.7. The SMILES string of the molecule is Cc1ccc(C(C)(C)C)cc1S(=O)(=O)Nc1cc([N+](=O)[O-])ccc1O. The summed E-state index contributed by atoms with van der Waals surface area (Å²) >= 11 is 0. The third-order valence-electron chi connectivity index (χ3n) is 3.78. The molecule has 0 heterocycles. The van der Waals surface area contributed by atoms with Gasteiger partial charge in [0.1, 0.15) is 5.75 Å². The van der Waals surface area contributed by atoms with Gasteiger partial charge in [-0.3, -0.25) is 14.8 Å². The number of aryl methyl sites for hydroxylation is 1.